The Labute approximate surface area is 178 Å². The Morgan fingerprint density at radius 2 is 1.81 bits per heavy atom. The van der Waals surface area contributed by atoms with E-state index < -0.39 is 0 Å². The SMILES string of the molecule is O=C(NCc1ccc2c(c1)OCO2)c1cccc2c1CCN2C(=O)c1ccc(F)cc1. The van der Waals surface area contributed by atoms with Crippen LogP contribution in [0.3, 0.4) is 0 Å². The monoisotopic (exact) mass is 418 g/mol. The molecule has 1 N–H and O–H groups in total. The first-order valence-electron chi connectivity index (χ1n) is 9.96. The lowest BCUT2D eigenvalue weighted by Gasteiger charge is -2.18. The van der Waals surface area contributed by atoms with Crippen LogP contribution in [0.5, 0.6) is 11.5 Å². The number of nitrogens with zero attached hydrogens (tertiary/aromatic N) is 1. The maximum Gasteiger partial charge on any atom is 0.258 e. The fourth-order valence-corrected chi connectivity index (χ4v) is 3.93. The third kappa shape index (κ3) is 3.59. The van der Waals surface area contributed by atoms with Crippen molar-refractivity contribution in [2.45, 2.75) is 13.0 Å². The fourth-order valence-electron chi connectivity index (χ4n) is 3.93. The molecule has 0 spiro atoms. The van der Waals surface area contributed by atoms with Gasteiger partial charge in [-0.15, -0.1) is 0 Å². The standard InChI is InChI=1S/C24H19FN2O4/c25-17-7-5-16(6-8-17)24(29)27-11-10-18-19(2-1-3-20(18)27)23(28)26-13-15-4-9-21-22(12-15)31-14-30-21/h1-9,12H,10-11,13-14H2,(H,26,28). The van der Waals surface area contributed by atoms with E-state index in [9.17, 15) is 14.0 Å². The van der Waals surface area contributed by atoms with E-state index in [-0.39, 0.29) is 24.4 Å². The molecule has 0 unspecified atom stereocenters. The van der Waals surface area contributed by atoms with Gasteiger partial charge in [0.15, 0.2) is 11.5 Å². The lowest BCUT2D eigenvalue weighted by Crippen LogP contribution is -2.28. The van der Waals surface area contributed by atoms with Crippen LogP contribution in [0.4, 0.5) is 10.1 Å². The number of rotatable bonds is 4. The van der Waals surface area contributed by atoms with E-state index in [1.165, 1.54) is 24.3 Å². The van der Waals surface area contributed by atoms with Crippen LogP contribution in [0.1, 0.15) is 31.8 Å². The molecule has 2 amide bonds. The third-order valence-corrected chi connectivity index (χ3v) is 5.50. The van der Waals surface area contributed by atoms with E-state index in [1.54, 1.807) is 17.0 Å². The Bertz CT molecular complexity index is 1180. The van der Waals surface area contributed by atoms with Gasteiger partial charge in [0.05, 0.1) is 0 Å². The summed E-state index contributed by atoms with van der Waals surface area (Å²) >= 11 is 0. The van der Waals surface area contributed by atoms with E-state index in [2.05, 4.69) is 5.32 Å². The van der Waals surface area contributed by atoms with Gasteiger partial charge in [0.25, 0.3) is 11.8 Å². The van der Waals surface area contributed by atoms with E-state index in [1.807, 2.05) is 24.3 Å². The Balaban J connectivity index is 1.33. The van der Waals surface area contributed by atoms with Gasteiger partial charge in [-0.3, -0.25) is 9.59 Å². The molecule has 3 aromatic carbocycles. The molecule has 156 valence electrons. The Hall–Kier alpha value is -3.87. The smallest absolute Gasteiger partial charge is 0.258 e. The van der Waals surface area contributed by atoms with Gasteiger partial charge < -0.3 is 19.7 Å². The summed E-state index contributed by atoms with van der Waals surface area (Å²) in [5.74, 6) is 0.561. The second-order valence-electron chi connectivity index (χ2n) is 7.39. The number of carbonyl (C=O) groups excluding carboxylic acids is 2. The average Bonchev–Trinajstić information content (AvgIpc) is 3.44. The molecule has 7 heteroatoms. The molecule has 31 heavy (non-hydrogen) atoms. The molecule has 5 rings (SSSR count). The van der Waals surface area contributed by atoms with Crippen molar-refractivity contribution < 1.29 is 23.5 Å². The molecular formula is C24H19FN2O4. The first kappa shape index (κ1) is 19.1. The summed E-state index contributed by atoms with van der Waals surface area (Å²) in [4.78, 5) is 27.4. The summed E-state index contributed by atoms with van der Waals surface area (Å²) in [6.07, 6.45) is 0.579. The topological polar surface area (TPSA) is 67.9 Å². The molecule has 6 nitrogen and oxygen atoms in total. The molecule has 0 aromatic heterocycles. The number of amides is 2. The van der Waals surface area contributed by atoms with Crippen LogP contribution in [0, 0.1) is 5.82 Å². The van der Waals surface area contributed by atoms with Crippen molar-refractivity contribution >= 4 is 17.5 Å². The van der Waals surface area contributed by atoms with E-state index in [4.69, 9.17) is 9.47 Å². The second kappa shape index (κ2) is 7.75. The lowest BCUT2D eigenvalue weighted by molar-refractivity contribution is 0.0948. The molecule has 2 heterocycles. The quantitative estimate of drug-likeness (QED) is 0.702. The minimum atomic E-state index is -0.389. The van der Waals surface area contributed by atoms with Gasteiger partial charge in [-0.2, -0.15) is 0 Å². The maximum absolute atomic E-state index is 13.2. The predicted octanol–water partition coefficient (Wildman–Crippen LogP) is 3.69. The molecule has 0 atom stereocenters. The van der Waals surface area contributed by atoms with Crippen LogP contribution in [0.15, 0.2) is 60.7 Å². The van der Waals surface area contributed by atoms with Gasteiger partial charge in [0, 0.05) is 29.9 Å². The molecule has 0 saturated carbocycles. The summed E-state index contributed by atoms with van der Waals surface area (Å²) in [5.41, 5.74) is 3.41. The summed E-state index contributed by atoms with van der Waals surface area (Å²) in [6, 6.07) is 16.4. The Kier molecular flexibility index (Phi) is 4.78. The van der Waals surface area contributed by atoms with Crippen LogP contribution in [0.2, 0.25) is 0 Å². The van der Waals surface area contributed by atoms with Crippen molar-refractivity contribution in [3.63, 3.8) is 0 Å². The summed E-state index contributed by atoms with van der Waals surface area (Å²) in [5, 5.41) is 2.94. The van der Waals surface area contributed by atoms with Crippen molar-refractivity contribution in [1.29, 1.82) is 0 Å². The molecule has 0 radical (unpaired) electrons. The summed E-state index contributed by atoms with van der Waals surface area (Å²) < 4.78 is 23.9. The van der Waals surface area contributed by atoms with Gasteiger partial charge in [-0.1, -0.05) is 12.1 Å². The third-order valence-electron chi connectivity index (χ3n) is 5.50. The predicted molar refractivity (Wildman–Crippen MR) is 112 cm³/mol. The number of benzene rings is 3. The van der Waals surface area contributed by atoms with E-state index >= 15 is 0 Å². The Morgan fingerprint density at radius 3 is 2.65 bits per heavy atom. The maximum atomic E-state index is 13.2. The van der Waals surface area contributed by atoms with Crippen LogP contribution < -0.4 is 19.7 Å². The molecule has 0 saturated heterocycles. The van der Waals surface area contributed by atoms with Gasteiger partial charge in [0.1, 0.15) is 5.82 Å². The highest BCUT2D eigenvalue weighted by Gasteiger charge is 2.29. The van der Waals surface area contributed by atoms with Gasteiger partial charge in [-0.05, 0) is 66.1 Å². The zero-order chi connectivity index (χ0) is 21.4. The highest BCUT2D eigenvalue weighted by atomic mass is 19.1. The minimum Gasteiger partial charge on any atom is -0.454 e. The van der Waals surface area contributed by atoms with Crippen molar-refractivity contribution in [2.24, 2.45) is 0 Å². The Morgan fingerprint density at radius 1 is 1.00 bits per heavy atom. The number of carbonyl (C=O) groups is 2. The zero-order valence-electron chi connectivity index (χ0n) is 16.6. The van der Waals surface area contributed by atoms with Crippen LogP contribution in [0.25, 0.3) is 0 Å². The zero-order valence-corrected chi connectivity index (χ0v) is 16.6. The molecule has 2 aliphatic heterocycles. The molecule has 0 fully saturated rings. The van der Waals surface area contributed by atoms with Crippen LogP contribution >= 0.6 is 0 Å². The van der Waals surface area contributed by atoms with Crippen molar-refractivity contribution in [1.82, 2.24) is 5.32 Å². The second-order valence-corrected chi connectivity index (χ2v) is 7.39. The number of ether oxygens (including phenoxy) is 2. The summed E-state index contributed by atoms with van der Waals surface area (Å²) in [6.45, 7) is 1.02. The minimum absolute atomic E-state index is 0.203. The van der Waals surface area contributed by atoms with Crippen LogP contribution in [-0.2, 0) is 13.0 Å². The molecular weight excluding hydrogens is 399 g/mol. The molecule has 0 aliphatic carbocycles. The number of halogens is 1. The largest absolute Gasteiger partial charge is 0.454 e. The van der Waals surface area contributed by atoms with Crippen molar-refractivity contribution in [2.75, 3.05) is 18.2 Å². The van der Waals surface area contributed by atoms with Crippen LogP contribution in [-0.4, -0.2) is 25.2 Å². The number of hydrogen-bond donors (Lipinski definition) is 1. The first-order chi connectivity index (χ1) is 15.1. The van der Waals surface area contributed by atoms with Crippen molar-refractivity contribution in [3.05, 3.63) is 88.7 Å². The first-order valence-corrected chi connectivity index (χ1v) is 9.96. The number of anilines is 1. The van der Waals surface area contributed by atoms with E-state index in [0.29, 0.717) is 47.8 Å². The number of fused-ring (bicyclic) bond motifs is 2. The van der Waals surface area contributed by atoms with Gasteiger partial charge >= 0.3 is 0 Å². The van der Waals surface area contributed by atoms with Crippen molar-refractivity contribution in [3.8, 4) is 11.5 Å². The average molecular weight is 418 g/mol. The molecule has 0 bridgehead atoms. The fraction of sp³-hybridized carbons (Fsp3) is 0.167. The van der Waals surface area contributed by atoms with Gasteiger partial charge in [0.2, 0.25) is 6.79 Å². The van der Waals surface area contributed by atoms with Gasteiger partial charge in [-0.25, -0.2) is 4.39 Å². The number of nitrogens with one attached hydrogen (secondary N) is 1. The molecule has 3 aromatic rings. The van der Waals surface area contributed by atoms with E-state index in [0.717, 1.165) is 11.1 Å². The number of hydrogen-bond acceptors (Lipinski definition) is 4. The summed E-state index contributed by atoms with van der Waals surface area (Å²) in [7, 11) is 0. The molecule has 2 aliphatic rings. The highest BCUT2D eigenvalue weighted by molar-refractivity contribution is 6.08. The lowest BCUT2D eigenvalue weighted by atomic mass is 10.0. The normalized spacial score (nSPS) is 13.8. The highest BCUT2D eigenvalue weighted by Crippen LogP contribution is 2.33.